The first-order valence-electron chi connectivity index (χ1n) is 6.53. The molecule has 0 aromatic carbocycles. The predicted molar refractivity (Wildman–Crippen MR) is 72.2 cm³/mol. The first-order chi connectivity index (χ1) is 8.19. The van der Waals surface area contributed by atoms with Crippen molar-refractivity contribution >= 4 is 5.82 Å². The van der Waals surface area contributed by atoms with Gasteiger partial charge >= 0.3 is 0 Å². The van der Waals surface area contributed by atoms with Crippen LogP contribution in [-0.4, -0.2) is 25.1 Å². The van der Waals surface area contributed by atoms with E-state index < -0.39 is 0 Å². The van der Waals surface area contributed by atoms with Crippen LogP contribution in [0.2, 0.25) is 0 Å². The minimum absolute atomic E-state index is 0.772. The Bertz CT molecular complexity index is 354. The zero-order chi connectivity index (χ0) is 12.3. The zero-order valence-electron chi connectivity index (χ0n) is 11.1. The average Bonchev–Trinajstić information content (AvgIpc) is 2.28. The zero-order valence-corrected chi connectivity index (χ0v) is 11.1. The third-order valence-electron chi connectivity index (χ3n) is 3.38. The molecule has 1 N–H and O–H groups in total. The van der Waals surface area contributed by atoms with Crippen LogP contribution in [0.4, 0.5) is 5.82 Å². The van der Waals surface area contributed by atoms with Crippen molar-refractivity contribution in [1.82, 2.24) is 10.3 Å². The second-order valence-electron chi connectivity index (χ2n) is 5.40. The van der Waals surface area contributed by atoms with Crippen LogP contribution >= 0.6 is 0 Å². The Labute approximate surface area is 104 Å². The van der Waals surface area contributed by atoms with Crippen LogP contribution in [0.25, 0.3) is 0 Å². The number of piperidine rings is 1. The van der Waals surface area contributed by atoms with Crippen molar-refractivity contribution in [3.8, 4) is 0 Å². The molecule has 0 aliphatic carbocycles. The van der Waals surface area contributed by atoms with E-state index in [1.165, 1.54) is 12.0 Å². The average molecular weight is 233 g/mol. The summed E-state index contributed by atoms with van der Waals surface area (Å²) >= 11 is 0. The van der Waals surface area contributed by atoms with Crippen molar-refractivity contribution in [2.24, 2.45) is 11.8 Å². The third kappa shape index (κ3) is 3.19. The van der Waals surface area contributed by atoms with Crippen LogP contribution in [0.1, 0.15) is 25.8 Å². The van der Waals surface area contributed by atoms with Gasteiger partial charge in [-0.15, -0.1) is 0 Å². The molecule has 0 amide bonds. The van der Waals surface area contributed by atoms with Crippen LogP contribution in [0.15, 0.2) is 18.3 Å². The van der Waals surface area contributed by atoms with Crippen LogP contribution in [0.5, 0.6) is 0 Å². The van der Waals surface area contributed by atoms with Gasteiger partial charge in [0.05, 0.1) is 0 Å². The predicted octanol–water partition coefficient (Wildman–Crippen LogP) is 2.28. The summed E-state index contributed by atoms with van der Waals surface area (Å²) in [6.45, 7) is 7.86. The van der Waals surface area contributed by atoms with E-state index in [1.807, 2.05) is 13.2 Å². The quantitative estimate of drug-likeness (QED) is 0.868. The Morgan fingerprint density at radius 2 is 2.06 bits per heavy atom. The van der Waals surface area contributed by atoms with Crippen molar-refractivity contribution < 1.29 is 0 Å². The molecule has 94 valence electrons. The van der Waals surface area contributed by atoms with Crippen molar-refractivity contribution in [2.45, 2.75) is 26.8 Å². The molecule has 0 radical (unpaired) electrons. The molecule has 2 atom stereocenters. The maximum atomic E-state index is 4.51. The highest BCUT2D eigenvalue weighted by molar-refractivity contribution is 5.41. The molecule has 1 aromatic rings. The van der Waals surface area contributed by atoms with Crippen LogP contribution < -0.4 is 10.2 Å². The van der Waals surface area contributed by atoms with Crippen molar-refractivity contribution in [2.75, 3.05) is 25.0 Å². The van der Waals surface area contributed by atoms with Gasteiger partial charge in [0.25, 0.3) is 0 Å². The number of pyridine rings is 1. The van der Waals surface area contributed by atoms with Gasteiger partial charge < -0.3 is 10.2 Å². The molecule has 1 aliphatic rings. The Kier molecular flexibility index (Phi) is 4.00. The van der Waals surface area contributed by atoms with Crippen molar-refractivity contribution in [1.29, 1.82) is 0 Å². The molecular weight excluding hydrogens is 210 g/mol. The van der Waals surface area contributed by atoms with Gasteiger partial charge in [-0.3, -0.25) is 0 Å². The van der Waals surface area contributed by atoms with E-state index in [-0.39, 0.29) is 0 Å². The molecule has 1 saturated heterocycles. The van der Waals surface area contributed by atoms with Gasteiger partial charge in [0.15, 0.2) is 0 Å². The summed E-state index contributed by atoms with van der Waals surface area (Å²) in [4.78, 5) is 6.94. The Hall–Kier alpha value is -1.09. The van der Waals surface area contributed by atoms with Gasteiger partial charge in [0, 0.05) is 25.8 Å². The van der Waals surface area contributed by atoms with Crippen molar-refractivity contribution in [3.05, 3.63) is 23.9 Å². The lowest BCUT2D eigenvalue weighted by Crippen LogP contribution is -2.39. The van der Waals surface area contributed by atoms with Gasteiger partial charge in [0.1, 0.15) is 5.82 Å². The lowest BCUT2D eigenvalue weighted by molar-refractivity contribution is 0.355. The van der Waals surface area contributed by atoms with Crippen LogP contribution in [0, 0.1) is 11.8 Å². The Morgan fingerprint density at radius 3 is 2.71 bits per heavy atom. The smallest absolute Gasteiger partial charge is 0.128 e. The fraction of sp³-hybridized carbons (Fsp3) is 0.643. The summed E-state index contributed by atoms with van der Waals surface area (Å²) in [6.07, 6.45) is 3.26. The molecule has 3 nitrogen and oxygen atoms in total. The van der Waals surface area contributed by atoms with Crippen LogP contribution in [0.3, 0.4) is 0 Å². The molecule has 1 fully saturated rings. The topological polar surface area (TPSA) is 28.2 Å². The molecular formula is C14H23N3. The highest BCUT2D eigenvalue weighted by Gasteiger charge is 2.22. The van der Waals surface area contributed by atoms with E-state index in [1.54, 1.807) is 0 Å². The Balaban J connectivity index is 2.12. The molecule has 0 spiro atoms. The summed E-state index contributed by atoms with van der Waals surface area (Å²) in [7, 11) is 1.98. The standard InChI is InChI=1S/C14H23N3/c1-11-6-12(2)10-17(9-11)14-7-13(8-15-3)4-5-16-14/h4-5,7,11-12,15H,6,8-10H2,1-3H3. The lowest BCUT2D eigenvalue weighted by atomic mass is 9.92. The first kappa shape index (κ1) is 12.4. The monoisotopic (exact) mass is 233 g/mol. The minimum Gasteiger partial charge on any atom is -0.356 e. The number of aromatic nitrogens is 1. The summed E-state index contributed by atoms with van der Waals surface area (Å²) < 4.78 is 0. The number of hydrogen-bond donors (Lipinski definition) is 1. The molecule has 1 aromatic heterocycles. The third-order valence-corrected chi connectivity index (χ3v) is 3.38. The molecule has 17 heavy (non-hydrogen) atoms. The number of hydrogen-bond acceptors (Lipinski definition) is 3. The van der Waals surface area contributed by atoms with Crippen molar-refractivity contribution in [3.63, 3.8) is 0 Å². The normalized spacial score (nSPS) is 25.0. The van der Waals surface area contributed by atoms with Crippen LogP contribution in [-0.2, 0) is 6.54 Å². The molecule has 0 saturated carbocycles. The highest BCUT2D eigenvalue weighted by atomic mass is 15.2. The molecule has 0 bridgehead atoms. The van der Waals surface area contributed by atoms with E-state index in [2.05, 4.69) is 41.2 Å². The van der Waals surface area contributed by atoms with E-state index in [4.69, 9.17) is 0 Å². The van der Waals surface area contributed by atoms with E-state index >= 15 is 0 Å². The van der Waals surface area contributed by atoms with E-state index in [9.17, 15) is 0 Å². The molecule has 2 rings (SSSR count). The lowest BCUT2D eigenvalue weighted by Gasteiger charge is -2.35. The largest absolute Gasteiger partial charge is 0.356 e. The SMILES string of the molecule is CNCc1ccnc(N2CC(C)CC(C)C2)c1. The number of anilines is 1. The molecule has 3 heteroatoms. The number of rotatable bonds is 3. The number of nitrogens with zero attached hydrogens (tertiary/aromatic N) is 2. The molecule has 2 unspecified atom stereocenters. The fourth-order valence-corrected chi connectivity index (χ4v) is 2.80. The summed E-state index contributed by atoms with van der Waals surface area (Å²) in [6, 6.07) is 4.29. The first-order valence-corrected chi connectivity index (χ1v) is 6.53. The van der Waals surface area contributed by atoms with Gasteiger partial charge in [-0.2, -0.15) is 0 Å². The second kappa shape index (κ2) is 5.50. The molecule has 2 heterocycles. The molecule has 1 aliphatic heterocycles. The maximum absolute atomic E-state index is 4.51. The summed E-state index contributed by atoms with van der Waals surface area (Å²) in [5.41, 5.74) is 1.31. The van der Waals surface area contributed by atoms with Gasteiger partial charge in [-0.1, -0.05) is 13.8 Å². The van der Waals surface area contributed by atoms with Gasteiger partial charge in [-0.25, -0.2) is 4.98 Å². The summed E-state index contributed by atoms with van der Waals surface area (Å²) in [5.74, 6) is 2.68. The van der Waals surface area contributed by atoms with Gasteiger partial charge in [-0.05, 0) is 43.0 Å². The minimum atomic E-state index is 0.772. The van der Waals surface area contributed by atoms with E-state index in [0.29, 0.717) is 0 Å². The highest BCUT2D eigenvalue weighted by Crippen LogP contribution is 2.25. The second-order valence-corrected chi connectivity index (χ2v) is 5.40. The fourth-order valence-electron chi connectivity index (χ4n) is 2.80. The van der Waals surface area contributed by atoms with E-state index in [0.717, 1.165) is 37.3 Å². The number of nitrogens with one attached hydrogen (secondary N) is 1. The summed E-state index contributed by atoms with van der Waals surface area (Å²) in [5, 5.41) is 3.19. The maximum Gasteiger partial charge on any atom is 0.128 e. The van der Waals surface area contributed by atoms with Gasteiger partial charge in [0.2, 0.25) is 0 Å². The Morgan fingerprint density at radius 1 is 1.35 bits per heavy atom.